The molecule has 1 N–H and O–H groups in total. The molecule has 130 valence electrons. The van der Waals surface area contributed by atoms with Crippen molar-refractivity contribution >= 4 is 17.5 Å². The first-order valence-electron chi connectivity index (χ1n) is 8.34. The van der Waals surface area contributed by atoms with Gasteiger partial charge in [0.05, 0.1) is 18.7 Å². The van der Waals surface area contributed by atoms with Crippen LogP contribution in [0.3, 0.4) is 0 Å². The van der Waals surface area contributed by atoms with Crippen LogP contribution in [0.25, 0.3) is 0 Å². The molecule has 2 amide bonds. The summed E-state index contributed by atoms with van der Waals surface area (Å²) in [6.07, 6.45) is 0.243. The van der Waals surface area contributed by atoms with E-state index < -0.39 is 0 Å². The maximum Gasteiger partial charge on any atom is 0.229 e. The van der Waals surface area contributed by atoms with Gasteiger partial charge in [-0.25, -0.2) is 0 Å². The van der Waals surface area contributed by atoms with Crippen molar-refractivity contribution in [2.75, 3.05) is 19.0 Å². The molecule has 5 heteroatoms. The summed E-state index contributed by atoms with van der Waals surface area (Å²) in [6, 6.07) is 15.4. The van der Waals surface area contributed by atoms with E-state index in [2.05, 4.69) is 5.32 Å². The lowest BCUT2D eigenvalue weighted by Crippen LogP contribution is -2.28. The van der Waals surface area contributed by atoms with E-state index in [1.165, 1.54) is 0 Å². The van der Waals surface area contributed by atoms with E-state index in [-0.39, 0.29) is 24.2 Å². The molecular formula is C20H22N2O3. The van der Waals surface area contributed by atoms with Crippen LogP contribution in [-0.2, 0) is 16.1 Å². The molecule has 0 bridgehead atoms. The van der Waals surface area contributed by atoms with Crippen LogP contribution >= 0.6 is 0 Å². The largest absolute Gasteiger partial charge is 0.495 e. The van der Waals surface area contributed by atoms with Crippen molar-refractivity contribution in [1.29, 1.82) is 0 Å². The quantitative estimate of drug-likeness (QED) is 0.912. The number of hydrogen-bond donors (Lipinski definition) is 1. The molecule has 0 saturated carbocycles. The van der Waals surface area contributed by atoms with Crippen LogP contribution in [0.15, 0.2) is 48.5 Å². The second kappa shape index (κ2) is 7.38. The maximum absolute atomic E-state index is 12.6. The number of nitrogens with zero attached hydrogens (tertiary/aromatic N) is 1. The maximum atomic E-state index is 12.6. The molecular weight excluding hydrogens is 316 g/mol. The molecule has 25 heavy (non-hydrogen) atoms. The number of amides is 2. The number of likely N-dealkylation sites (tertiary alicyclic amines) is 1. The molecule has 2 aromatic carbocycles. The highest BCUT2D eigenvalue weighted by Gasteiger charge is 2.34. The summed E-state index contributed by atoms with van der Waals surface area (Å²) in [5, 5.41) is 2.91. The third-order valence-corrected chi connectivity index (χ3v) is 4.41. The monoisotopic (exact) mass is 338 g/mol. The van der Waals surface area contributed by atoms with Gasteiger partial charge in [0.2, 0.25) is 11.8 Å². The number of ether oxygens (including phenoxy) is 1. The van der Waals surface area contributed by atoms with E-state index in [4.69, 9.17) is 4.74 Å². The topological polar surface area (TPSA) is 58.6 Å². The summed E-state index contributed by atoms with van der Waals surface area (Å²) in [5.41, 5.74) is 2.74. The molecule has 1 fully saturated rings. The first-order chi connectivity index (χ1) is 12.1. The Balaban J connectivity index is 1.66. The van der Waals surface area contributed by atoms with Crippen molar-refractivity contribution in [2.45, 2.75) is 19.9 Å². The van der Waals surface area contributed by atoms with Crippen LogP contribution < -0.4 is 10.1 Å². The highest BCUT2D eigenvalue weighted by molar-refractivity contribution is 5.98. The number of benzene rings is 2. The number of methoxy groups -OCH3 is 1. The van der Waals surface area contributed by atoms with Gasteiger partial charge in [0, 0.05) is 19.5 Å². The number of aryl methyl sites for hydroxylation is 1. The molecule has 1 atom stereocenters. The summed E-state index contributed by atoms with van der Waals surface area (Å²) in [6.45, 7) is 2.93. The van der Waals surface area contributed by atoms with E-state index in [1.54, 1.807) is 12.0 Å². The smallest absolute Gasteiger partial charge is 0.229 e. The van der Waals surface area contributed by atoms with E-state index in [1.807, 2.05) is 55.5 Å². The Hall–Kier alpha value is -2.82. The Bertz CT molecular complexity index is 774. The van der Waals surface area contributed by atoms with E-state index in [0.717, 1.165) is 11.1 Å². The molecule has 1 aliphatic heterocycles. The van der Waals surface area contributed by atoms with Crippen molar-refractivity contribution in [1.82, 2.24) is 4.90 Å². The third-order valence-electron chi connectivity index (χ3n) is 4.41. The molecule has 0 spiro atoms. The molecule has 2 aromatic rings. The average molecular weight is 338 g/mol. The highest BCUT2D eigenvalue weighted by Crippen LogP contribution is 2.27. The van der Waals surface area contributed by atoms with Crippen molar-refractivity contribution < 1.29 is 14.3 Å². The lowest BCUT2D eigenvalue weighted by atomic mass is 10.1. The fraction of sp³-hybridized carbons (Fsp3) is 0.300. The molecule has 0 aromatic heterocycles. The number of nitrogens with one attached hydrogen (secondary N) is 1. The standard InChI is InChI=1S/C20H22N2O3/c1-14-8-9-18(25-2)17(10-14)21-20(24)16-11-19(23)22(13-16)12-15-6-4-3-5-7-15/h3-10,16H,11-13H2,1-2H3,(H,21,24)/t16-/m1/s1. The van der Waals surface area contributed by atoms with Crippen LogP contribution in [0.2, 0.25) is 0 Å². The third kappa shape index (κ3) is 3.99. The lowest BCUT2D eigenvalue weighted by Gasteiger charge is -2.17. The molecule has 0 aliphatic carbocycles. The van der Waals surface area contributed by atoms with E-state index in [9.17, 15) is 9.59 Å². The summed E-state index contributed by atoms with van der Waals surface area (Å²) < 4.78 is 5.29. The molecule has 1 saturated heterocycles. The van der Waals surface area contributed by atoms with Gasteiger partial charge >= 0.3 is 0 Å². The number of carbonyl (C=O) groups excluding carboxylic acids is 2. The minimum absolute atomic E-state index is 0.0141. The number of carbonyl (C=O) groups is 2. The summed E-state index contributed by atoms with van der Waals surface area (Å²) >= 11 is 0. The minimum Gasteiger partial charge on any atom is -0.495 e. The van der Waals surface area contributed by atoms with Crippen molar-refractivity contribution in [3.8, 4) is 5.75 Å². The lowest BCUT2D eigenvalue weighted by molar-refractivity contribution is -0.128. The predicted molar refractivity (Wildman–Crippen MR) is 96.3 cm³/mol. The van der Waals surface area contributed by atoms with Crippen LogP contribution in [0.4, 0.5) is 5.69 Å². The fourth-order valence-corrected chi connectivity index (χ4v) is 3.06. The van der Waals surface area contributed by atoms with Crippen LogP contribution in [0, 0.1) is 12.8 Å². The molecule has 3 rings (SSSR count). The van der Waals surface area contributed by atoms with Crippen LogP contribution in [0.5, 0.6) is 5.75 Å². The van der Waals surface area contributed by atoms with Gasteiger partial charge in [-0.2, -0.15) is 0 Å². The van der Waals surface area contributed by atoms with Gasteiger partial charge in [0.15, 0.2) is 0 Å². The summed E-state index contributed by atoms with van der Waals surface area (Å²) in [5.74, 6) is 0.138. The number of anilines is 1. The molecule has 0 radical (unpaired) electrons. The zero-order valence-electron chi connectivity index (χ0n) is 14.5. The van der Waals surface area contributed by atoms with Gasteiger partial charge in [-0.3, -0.25) is 9.59 Å². The van der Waals surface area contributed by atoms with E-state index in [0.29, 0.717) is 24.5 Å². The zero-order chi connectivity index (χ0) is 17.8. The van der Waals surface area contributed by atoms with Gasteiger partial charge in [0.25, 0.3) is 0 Å². The Morgan fingerprint density at radius 3 is 2.72 bits per heavy atom. The Labute approximate surface area is 147 Å². The Morgan fingerprint density at radius 2 is 2.00 bits per heavy atom. The summed E-state index contributed by atoms with van der Waals surface area (Å²) in [7, 11) is 1.57. The second-order valence-corrected chi connectivity index (χ2v) is 6.35. The first kappa shape index (κ1) is 17.0. The predicted octanol–water partition coefficient (Wildman–Crippen LogP) is 2.99. The molecule has 1 aliphatic rings. The van der Waals surface area contributed by atoms with Crippen LogP contribution in [0.1, 0.15) is 17.5 Å². The zero-order valence-corrected chi connectivity index (χ0v) is 14.5. The van der Waals surface area contributed by atoms with Gasteiger partial charge in [-0.05, 0) is 30.2 Å². The SMILES string of the molecule is COc1ccc(C)cc1NC(=O)[C@@H]1CC(=O)N(Cc2ccccc2)C1. The minimum atomic E-state index is -0.346. The molecule has 1 heterocycles. The molecule has 0 unspecified atom stereocenters. The number of hydrogen-bond acceptors (Lipinski definition) is 3. The second-order valence-electron chi connectivity index (χ2n) is 6.35. The van der Waals surface area contributed by atoms with Crippen LogP contribution in [-0.4, -0.2) is 30.4 Å². The average Bonchev–Trinajstić information content (AvgIpc) is 2.97. The molecule has 5 nitrogen and oxygen atoms in total. The van der Waals surface area contributed by atoms with Gasteiger partial charge in [-0.15, -0.1) is 0 Å². The highest BCUT2D eigenvalue weighted by atomic mass is 16.5. The fourth-order valence-electron chi connectivity index (χ4n) is 3.06. The Kier molecular flexibility index (Phi) is 5.03. The Morgan fingerprint density at radius 1 is 1.24 bits per heavy atom. The number of rotatable bonds is 5. The van der Waals surface area contributed by atoms with Crippen molar-refractivity contribution in [2.24, 2.45) is 5.92 Å². The summed E-state index contributed by atoms with van der Waals surface area (Å²) in [4.78, 5) is 26.6. The van der Waals surface area contributed by atoms with E-state index >= 15 is 0 Å². The van der Waals surface area contributed by atoms with Gasteiger partial charge in [-0.1, -0.05) is 36.4 Å². The van der Waals surface area contributed by atoms with Gasteiger partial charge in [0.1, 0.15) is 5.75 Å². The van der Waals surface area contributed by atoms with Crippen molar-refractivity contribution in [3.05, 3.63) is 59.7 Å². The van der Waals surface area contributed by atoms with Crippen molar-refractivity contribution in [3.63, 3.8) is 0 Å². The normalized spacial score (nSPS) is 16.8. The first-order valence-corrected chi connectivity index (χ1v) is 8.34. The van der Waals surface area contributed by atoms with Gasteiger partial charge < -0.3 is 15.0 Å².